The normalized spacial score (nSPS) is 10.0. The summed E-state index contributed by atoms with van der Waals surface area (Å²) in [5.41, 5.74) is 0.896. The number of aliphatic hydroxyl groups excluding tert-OH is 1. The highest BCUT2D eigenvalue weighted by molar-refractivity contribution is 5.88. The molecule has 0 aliphatic carbocycles. The highest BCUT2D eigenvalue weighted by Gasteiger charge is 2.13. The second kappa shape index (κ2) is 11.4. The van der Waals surface area contributed by atoms with E-state index in [1.807, 2.05) is 13.8 Å². The Balaban J connectivity index is 4.34. The molecule has 0 aromatic rings. The molecule has 0 aliphatic heterocycles. The van der Waals surface area contributed by atoms with Crippen molar-refractivity contribution in [2.45, 2.75) is 27.2 Å². The smallest absolute Gasteiger partial charge is 0.307 e. The van der Waals surface area contributed by atoms with E-state index in [0.29, 0.717) is 26.3 Å². The lowest BCUT2D eigenvalue weighted by Gasteiger charge is -2.21. The molecule has 0 spiro atoms. The topological polar surface area (TPSA) is 76.1 Å². The predicted molar refractivity (Wildman–Crippen MR) is 75.2 cm³/mol. The monoisotopic (exact) mass is 287 g/mol. The van der Waals surface area contributed by atoms with E-state index in [-0.39, 0.29) is 31.5 Å². The average Bonchev–Trinajstić information content (AvgIpc) is 2.37. The van der Waals surface area contributed by atoms with Gasteiger partial charge >= 0.3 is 5.97 Å². The summed E-state index contributed by atoms with van der Waals surface area (Å²) in [6.07, 6.45) is 1.69. The average molecular weight is 287 g/mol. The fraction of sp³-hybridized carbons (Fsp3) is 0.714. The third-order valence-corrected chi connectivity index (χ3v) is 2.36. The molecule has 0 fully saturated rings. The molecule has 0 aromatic carbocycles. The van der Waals surface area contributed by atoms with Gasteiger partial charge in [0.15, 0.2) is 0 Å². The lowest BCUT2D eigenvalue weighted by molar-refractivity contribution is -0.143. The molecule has 1 N–H and O–H groups in total. The molecule has 20 heavy (non-hydrogen) atoms. The predicted octanol–water partition coefficient (Wildman–Crippen LogP) is 0.743. The van der Waals surface area contributed by atoms with Crippen LogP contribution in [-0.2, 0) is 19.1 Å². The first-order valence-electron chi connectivity index (χ1n) is 6.79. The van der Waals surface area contributed by atoms with E-state index in [1.54, 1.807) is 11.8 Å². The number of ether oxygens (including phenoxy) is 2. The number of carbonyl (C=O) groups excluding carboxylic acids is 2. The molecule has 6 heteroatoms. The Kier molecular flexibility index (Phi) is 10.6. The number of hydrogen-bond acceptors (Lipinski definition) is 5. The maximum Gasteiger partial charge on any atom is 0.307 e. The maximum absolute atomic E-state index is 12.0. The Morgan fingerprint density at radius 2 is 1.90 bits per heavy atom. The molecule has 0 saturated carbocycles. The van der Waals surface area contributed by atoms with Gasteiger partial charge in [0, 0.05) is 19.2 Å². The summed E-state index contributed by atoms with van der Waals surface area (Å²) >= 11 is 0. The molecule has 116 valence electrons. The van der Waals surface area contributed by atoms with Crippen LogP contribution >= 0.6 is 0 Å². The van der Waals surface area contributed by atoms with Gasteiger partial charge in [-0.25, -0.2) is 0 Å². The van der Waals surface area contributed by atoms with Gasteiger partial charge in [-0.15, -0.1) is 0 Å². The summed E-state index contributed by atoms with van der Waals surface area (Å²) in [7, 11) is 0. The molecular weight excluding hydrogens is 262 g/mol. The van der Waals surface area contributed by atoms with Crippen LogP contribution in [0, 0.1) is 0 Å². The lowest BCUT2D eigenvalue weighted by Crippen LogP contribution is -2.35. The van der Waals surface area contributed by atoms with E-state index >= 15 is 0 Å². The third kappa shape index (κ3) is 9.52. The highest BCUT2D eigenvalue weighted by atomic mass is 16.5. The van der Waals surface area contributed by atoms with Crippen molar-refractivity contribution in [1.29, 1.82) is 0 Å². The Bertz CT molecular complexity index is 324. The molecule has 0 bridgehead atoms. The Labute approximate surface area is 120 Å². The molecule has 0 unspecified atom stereocenters. The zero-order chi connectivity index (χ0) is 15.4. The first kappa shape index (κ1) is 18.6. The SMILES string of the molecule is CCOC(=O)CCN(CCOCCO)C(=O)C=C(C)C. The molecule has 6 nitrogen and oxygen atoms in total. The van der Waals surface area contributed by atoms with Crippen molar-refractivity contribution < 1.29 is 24.2 Å². The number of esters is 1. The second-order valence-electron chi connectivity index (χ2n) is 4.44. The van der Waals surface area contributed by atoms with Crippen LogP contribution < -0.4 is 0 Å². The largest absolute Gasteiger partial charge is 0.466 e. The van der Waals surface area contributed by atoms with Crippen molar-refractivity contribution >= 4 is 11.9 Å². The Morgan fingerprint density at radius 1 is 1.20 bits per heavy atom. The van der Waals surface area contributed by atoms with E-state index in [9.17, 15) is 9.59 Å². The van der Waals surface area contributed by atoms with Gasteiger partial charge in [-0.3, -0.25) is 9.59 Å². The van der Waals surface area contributed by atoms with E-state index < -0.39 is 0 Å². The van der Waals surface area contributed by atoms with E-state index in [2.05, 4.69) is 0 Å². The van der Waals surface area contributed by atoms with Crippen LogP contribution in [0.1, 0.15) is 27.2 Å². The highest BCUT2D eigenvalue weighted by Crippen LogP contribution is 2.00. The molecular formula is C14H25NO5. The third-order valence-electron chi connectivity index (χ3n) is 2.36. The summed E-state index contributed by atoms with van der Waals surface area (Å²) in [6.45, 7) is 6.94. The van der Waals surface area contributed by atoms with Crippen molar-refractivity contribution in [3.63, 3.8) is 0 Å². The molecule has 0 atom stereocenters. The fourth-order valence-corrected chi connectivity index (χ4v) is 1.47. The van der Waals surface area contributed by atoms with Gasteiger partial charge in [0.05, 0.1) is 32.8 Å². The summed E-state index contributed by atoms with van der Waals surface area (Å²) in [5, 5.41) is 8.62. The van der Waals surface area contributed by atoms with Crippen molar-refractivity contribution in [3.8, 4) is 0 Å². The number of amides is 1. The van der Waals surface area contributed by atoms with E-state index in [1.165, 1.54) is 6.08 Å². The van der Waals surface area contributed by atoms with E-state index in [0.717, 1.165) is 5.57 Å². The number of allylic oxidation sites excluding steroid dienone is 1. The van der Waals surface area contributed by atoms with E-state index in [4.69, 9.17) is 14.6 Å². The quantitative estimate of drug-likeness (QED) is 0.364. The number of nitrogens with zero attached hydrogens (tertiary/aromatic N) is 1. The van der Waals surface area contributed by atoms with Crippen molar-refractivity contribution in [2.24, 2.45) is 0 Å². The van der Waals surface area contributed by atoms with Crippen LogP contribution in [-0.4, -0.2) is 61.4 Å². The second-order valence-corrected chi connectivity index (χ2v) is 4.44. The minimum Gasteiger partial charge on any atom is -0.466 e. The number of rotatable bonds is 10. The van der Waals surface area contributed by atoms with Crippen molar-refractivity contribution in [3.05, 3.63) is 11.6 Å². The molecule has 0 saturated heterocycles. The van der Waals surface area contributed by atoms with Gasteiger partial charge in [-0.2, -0.15) is 0 Å². The summed E-state index contributed by atoms with van der Waals surface area (Å²) in [5.74, 6) is -0.472. The fourth-order valence-electron chi connectivity index (χ4n) is 1.47. The molecule has 0 aliphatic rings. The van der Waals surface area contributed by atoms with Crippen LogP contribution in [0.2, 0.25) is 0 Å². The van der Waals surface area contributed by atoms with Crippen LogP contribution in [0.15, 0.2) is 11.6 Å². The Hall–Kier alpha value is -1.40. The summed E-state index contributed by atoms with van der Waals surface area (Å²) in [6, 6.07) is 0. The van der Waals surface area contributed by atoms with Gasteiger partial charge in [0.25, 0.3) is 0 Å². The summed E-state index contributed by atoms with van der Waals surface area (Å²) < 4.78 is 9.98. The van der Waals surface area contributed by atoms with Crippen LogP contribution in [0.25, 0.3) is 0 Å². The molecule has 0 heterocycles. The molecule has 0 rings (SSSR count). The zero-order valence-corrected chi connectivity index (χ0v) is 12.6. The number of hydrogen-bond donors (Lipinski definition) is 1. The first-order chi connectivity index (χ1) is 9.51. The van der Waals surface area contributed by atoms with Crippen molar-refractivity contribution in [2.75, 3.05) is 39.5 Å². The van der Waals surface area contributed by atoms with Crippen LogP contribution in [0.3, 0.4) is 0 Å². The minimum absolute atomic E-state index is 0.0508. The minimum atomic E-state index is -0.321. The molecule has 0 radical (unpaired) electrons. The number of aliphatic hydroxyl groups is 1. The molecule has 1 amide bonds. The van der Waals surface area contributed by atoms with Gasteiger partial charge in [0.1, 0.15) is 0 Å². The number of carbonyl (C=O) groups is 2. The van der Waals surface area contributed by atoms with Gasteiger partial charge in [-0.1, -0.05) is 5.57 Å². The van der Waals surface area contributed by atoms with Crippen LogP contribution in [0.5, 0.6) is 0 Å². The standard InChI is InChI=1S/C14H25NO5/c1-4-20-14(18)5-6-15(7-9-19-10-8-16)13(17)11-12(2)3/h11,16H,4-10H2,1-3H3. The van der Waals surface area contributed by atoms with Gasteiger partial charge < -0.3 is 19.5 Å². The lowest BCUT2D eigenvalue weighted by atomic mass is 10.3. The van der Waals surface area contributed by atoms with Crippen molar-refractivity contribution in [1.82, 2.24) is 4.90 Å². The zero-order valence-electron chi connectivity index (χ0n) is 12.6. The van der Waals surface area contributed by atoms with Crippen LogP contribution in [0.4, 0.5) is 0 Å². The first-order valence-corrected chi connectivity index (χ1v) is 6.79. The summed E-state index contributed by atoms with van der Waals surface area (Å²) in [4.78, 5) is 24.9. The van der Waals surface area contributed by atoms with Gasteiger partial charge in [0.2, 0.25) is 5.91 Å². The van der Waals surface area contributed by atoms with Gasteiger partial charge in [-0.05, 0) is 20.8 Å². The molecule has 0 aromatic heterocycles. The maximum atomic E-state index is 12.0. The Morgan fingerprint density at radius 3 is 2.45 bits per heavy atom.